The molecule has 0 bridgehead atoms. The van der Waals surface area contributed by atoms with Crippen LogP contribution in [0.3, 0.4) is 0 Å². The second-order valence-electron chi connectivity index (χ2n) is 5.35. The molecule has 0 saturated carbocycles. The van der Waals surface area contributed by atoms with Crippen molar-refractivity contribution in [3.63, 3.8) is 0 Å². The Morgan fingerprint density at radius 1 is 1.43 bits per heavy atom. The molecule has 1 aliphatic heterocycles. The highest BCUT2D eigenvalue weighted by Gasteiger charge is 2.27. The molecule has 0 aliphatic carbocycles. The summed E-state index contributed by atoms with van der Waals surface area (Å²) < 4.78 is 34.5. The Bertz CT molecular complexity index is 562. The minimum atomic E-state index is -3.54. The molecule has 1 heterocycles. The predicted octanol–water partition coefficient (Wildman–Crippen LogP) is 1.41. The summed E-state index contributed by atoms with van der Waals surface area (Å²) in [6.45, 7) is 3.91. The average Bonchev–Trinajstić information content (AvgIpc) is 2.46. The van der Waals surface area contributed by atoms with Crippen LogP contribution >= 0.6 is 0 Å². The average molecular weight is 313 g/mol. The van der Waals surface area contributed by atoms with Crippen LogP contribution in [0, 0.1) is 5.92 Å². The molecule has 2 rings (SSSR count). The van der Waals surface area contributed by atoms with Gasteiger partial charge in [0.25, 0.3) is 0 Å². The van der Waals surface area contributed by atoms with E-state index in [4.69, 9.17) is 10.5 Å². The molecule has 1 unspecified atom stereocenters. The molecule has 0 amide bonds. The first-order chi connectivity index (χ1) is 10.0. The number of nitrogens with two attached hydrogens (primary N) is 1. The van der Waals surface area contributed by atoms with Crippen LogP contribution in [0.1, 0.15) is 19.8 Å². The van der Waals surface area contributed by atoms with Crippen LogP contribution < -0.4 is 15.2 Å². The molecule has 1 saturated heterocycles. The number of anilines is 1. The fourth-order valence-electron chi connectivity index (χ4n) is 2.41. The third-order valence-corrected chi connectivity index (χ3v) is 4.95. The van der Waals surface area contributed by atoms with Gasteiger partial charge < -0.3 is 10.5 Å². The van der Waals surface area contributed by atoms with E-state index in [9.17, 15) is 8.42 Å². The highest BCUT2D eigenvalue weighted by Crippen LogP contribution is 2.26. The minimum absolute atomic E-state index is 0.347. The van der Waals surface area contributed by atoms with Crippen molar-refractivity contribution >= 4 is 15.9 Å². The molecule has 3 N–H and O–H groups in total. The van der Waals surface area contributed by atoms with Gasteiger partial charge in [-0.1, -0.05) is 19.1 Å². The van der Waals surface area contributed by atoms with Gasteiger partial charge in [0.05, 0.1) is 5.69 Å². The Hall–Kier alpha value is -1.31. The zero-order valence-corrected chi connectivity index (χ0v) is 13.1. The van der Waals surface area contributed by atoms with Crippen LogP contribution in [0.25, 0.3) is 0 Å². The zero-order chi connectivity index (χ0) is 15.3. The fourth-order valence-corrected chi connectivity index (χ4v) is 3.81. The first-order valence-corrected chi connectivity index (χ1v) is 8.66. The van der Waals surface area contributed by atoms with E-state index in [1.54, 1.807) is 24.3 Å². The topological polar surface area (TPSA) is 84.7 Å². The highest BCUT2D eigenvalue weighted by molar-refractivity contribution is 7.90. The summed E-state index contributed by atoms with van der Waals surface area (Å²) in [5.41, 5.74) is 5.86. The van der Waals surface area contributed by atoms with E-state index in [2.05, 4.69) is 11.6 Å². The molecule has 1 fully saturated rings. The Balaban J connectivity index is 2.12. The van der Waals surface area contributed by atoms with Crippen LogP contribution in [-0.4, -0.2) is 39.0 Å². The van der Waals surface area contributed by atoms with Crippen LogP contribution in [-0.2, 0) is 10.2 Å². The molecule has 118 valence electrons. The monoisotopic (exact) mass is 313 g/mol. The smallest absolute Gasteiger partial charge is 0.301 e. The summed E-state index contributed by atoms with van der Waals surface area (Å²) in [5, 5.41) is 0. The maximum atomic E-state index is 12.5. The third-order valence-electron chi connectivity index (χ3n) is 3.46. The SMILES string of the molecule is CC1CCCN(S(=O)(=O)Nc2ccccc2OCCN)C1. The van der Waals surface area contributed by atoms with Crippen molar-refractivity contribution in [1.82, 2.24) is 4.31 Å². The number of hydrogen-bond donors (Lipinski definition) is 2. The molecule has 0 spiro atoms. The highest BCUT2D eigenvalue weighted by atomic mass is 32.2. The number of piperidine rings is 1. The quantitative estimate of drug-likeness (QED) is 0.831. The predicted molar refractivity (Wildman–Crippen MR) is 83.5 cm³/mol. The number of para-hydroxylation sites is 2. The van der Waals surface area contributed by atoms with Crippen molar-refractivity contribution in [3.8, 4) is 5.75 Å². The third kappa shape index (κ3) is 4.33. The van der Waals surface area contributed by atoms with E-state index in [1.165, 1.54) is 4.31 Å². The summed E-state index contributed by atoms with van der Waals surface area (Å²) in [6.07, 6.45) is 1.97. The van der Waals surface area contributed by atoms with Gasteiger partial charge in [-0.25, -0.2) is 0 Å². The standard InChI is InChI=1S/C14H23N3O3S/c1-12-5-4-9-17(11-12)21(18,19)16-13-6-2-3-7-14(13)20-10-8-15/h2-3,6-7,12,16H,4-5,8-11,15H2,1H3. The second kappa shape index (κ2) is 7.11. The lowest BCUT2D eigenvalue weighted by Gasteiger charge is -2.30. The lowest BCUT2D eigenvalue weighted by molar-refractivity contribution is 0.282. The summed E-state index contributed by atoms with van der Waals surface area (Å²) in [4.78, 5) is 0. The molecule has 1 aromatic rings. The maximum absolute atomic E-state index is 12.5. The normalized spacial score (nSPS) is 20.2. The molecule has 6 nitrogen and oxygen atoms in total. The van der Waals surface area contributed by atoms with Gasteiger partial charge in [-0.2, -0.15) is 12.7 Å². The molecule has 21 heavy (non-hydrogen) atoms. The molecule has 1 atom stereocenters. The first-order valence-electron chi connectivity index (χ1n) is 7.22. The summed E-state index contributed by atoms with van der Waals surface area (Å²) >= 11 is 0. The Morgan fingerprint density at radius 3 is 2.90 bits per heavy atom. The maximum Gasteiger partial charge on any atom is 0.301 e. The van der Waals surface area contributed by atoms with Crippen LogP contribution in [0.2, 0.25) is 0 Å². The van der Waals surface area contributed by atoms with Crippen molar-refractivity contribution in [2.24, 2.45) is 11.7 Å². The van der Waals surface area contributed by atoms with Gasteiger partial charge in [0.2, 0.25) is 0 Å². The fraction of sp³-hybridized carbons (Fsp3) is 0.571. The van der Waals surface area contributed by atoms with Crippen LogP contribution in [0.15, 0.2) is 24.3 Å². The van der Waals surface area contributed by atoms with E-state index in [1.807, 2.05) is 0 Å². The van der Waals surface area contributed by atoms with E-state index < -0.39 is 10.2 Å². The van der Waals surface area contributed by atoms with Gasteiger partial charge in [0.15, 0.2) is 0 Å². The lowest BCUT2D eigenvalue weighted by atomic mass is 10.0. The summed E-state index contributed by atoms with van der Waals surface area (Å²) in [6, 6.07) is 6.99. The second-order valence-corrected chi connectivity index (χ2v) is 7.02. The van der Waals surface area contributed by atoms with Crippen molar-refractivity contribution in [2.75, 3.05) is 31.0 Å². The number of rotatable bonds is 6. The molecule has 1 aromatic carbocycles. The number of benzene rings is 1. The van der Waals surface area contributed by atoms with Gasteiger partial charge in [0, 0.05) is 19.6 Å². The first kappa shape index (κ1) is 16.1. The molecular weight excluding hydrogens is 290 g/mol. The van der Waals surface area contributed by atoms with Gasteiger partial charge >= 0.3 is 10.2 Å². The van der Waals surface area contributed by atoms with Gasteiger partial charge in [-0.05, 0) is 30.9 Å². The van der Waals surface area contributed by atoms with E-state index in [0.29, 0.717) is 43.6 Å². The van der Waals surface area contributed by atoms with Crippen LogP contribution in [0.4, 0.5) is 5.69 Å². The number of hydrogen-bond acceptors (Lipinski definition) is 4. The van der Waals surface area contributed by atoms with Crippen molar-refractivity contribution in [3.05, 3.63) is 24.3 Å². The molecule has 0 aromatic heterocycles. The van der Waals surface area contributed by atoms with E-state index >= 15 is 0 Å². The van der Waals surface area contributed by atoms with E-state index in [-0.39, 0.29) is 0 Å². The minimum Gasteiger partial charge on any atom is -0.490 e. The molecule has 7 heteroatoms. The largest absolute Gasteiger partial charge is 0.490 e. The van der Waals surface area contributed by atoms with Gasteiger partial charge in [0.1, 0.15) is 12.4 Å². The number of nitrogens with zero attached hydrogens (tertiary/aromatic N) is 1. The van der Waals surface area contributed by atoms with Crippen molar-refractivity contribution in [2.45, 2.75) is 19.8 Å². The molecular formula is C14H23N3O3S. The van der Waals surface area contributed by atoms with Crippen LogP contribution in [0.5, 0.6) is 5.75 Å². The van der Waals surface area contributed by atoms with Gasteiger partial charge in [-0.15, -0.1) is 0 Å². The summed E-state index contributed by atoms with van der Waals surface area (Å²) in [7, 11) is -3.54. The molecule has 1 aliphatic rings. The van der Waals surface area contributed by atoms with Crippen molar-refractivity contribution in [1.29, 1.82) is 0 Å². The molecule has 0 radical (unpaired) electrons. The van der Waals surface area contributed by atoms with Gasteiger partial charge in [-0.3, -0.25) is 4.72 Å². The van der Waals surface area contributed by atoms with E-state index in [0.717, 1.165) is 12.8 Å². The number of nitrogens with one attached hydrogen (secondary N) is 1. The Morgan fingerprint density at radius 2 is 2.19 bits per heavy atom. The summed E-state index contributed by atoms with van der Waals surface area (Å²) in [5.74, 6) is 0.885. The number of ether oxygens (including phenoxy) is 1. The Labute approximate surface area is 126 Å². The Kier molecular flexibility index (Phi) is 5.44. The lowest BCUT2D eigenvalue weighted by Crippen LogP contribution is -2.42. The zero-order valence-electron chi connectivity index (χ0n) is 12.3. The van der Waals surface area contributed by atoms with Crippen molar-refractivity contribution < 1.29 is 13.2 Å².